The van der Waals surface area contributed by atoms with Crippen molar-refractivity contribution in [2.24, 2.45) is 0 Å². The second-order valence-corrected chi connectivity index (χ2v) is 8.11. The van der Waals surface area contributed by atoms with Crippen molar-refractivity contribution >= 4 is 36.9 Å². The fraction of sp³-hybridized carbons (Fsp3) is 0.176. The van der Waals surface area contributed by atoms with Gasteiger partial charge in [-0.1, -0.05) is 28.1 Å². The van der Waals surface area contributed by atoms with Gasteiger partial charge < -0.3 is 9.47 Å². The van der Waals surface area contributed by atoms with Gasteiger partial charge in [-0.25, -0.2) is 12.4 Å². The van der Waals surface area contributed by atoms with Gasteiger partial charge in [-0.15, -0.1) is 0 Å². The van der Waals surface area contributed by atoms with Gasteiger partial charge in [-0.3, -0.25) is 0 Å². The molecule has 5 nitrogen and oxygen atoms in total. The molecule has 1 aromatic heterocycles. The third kappa shape index (κ3) is 2.89. The van der Waals surface area contributed by atoms with E-state index in [2.05, 4.69) is 15.9 Å². The van der Waals surface area contributed by atoms with Crippen LogP contribution in [0.4, 0.5) is 0 Å². The first kappa shape index (κ1) is 16.9. The highest BCUT2D eigenvalue weighted by molar-refractivity contribution is 9.10. The maximum atomic E-state index is 12.2. The molecule has 3 aromatic rings. The number of ether oxygens (including phenoxy) is 2. The second-order valence-electron chi connectivity index (χ2n) is 5.33. The average molecular weight is 410 g/mol. The van der Waals surface area contributed by atoms with Crippen molar-refractivity contribution in [3.63, 3.8) is 0 Å². The number of hydrogen-bond donors (Lipinski definition) is 0. The molecule has 0 saturated heterocycles. The zero-order chi connectivity index (χ0) is 17.5. The fourth-order valence-corrected chi connectivity index (χ4v) is 3.74. The van der Waals surface area contributed by atoms with E-state index in [1.807, 2.05) is 24.3 Å². The Bertz CT molecular complexity index is 1010. The summed E-state index contributed by atoms with van der Waals surface area (Å²) >= 11 is 3.41. The number of nitrogens with zero attached hydrogens (tertiary/aromatic N) is 1. The van der Waals surface area contributed by atoms with Crippen LogP contribution < -0.4 is 9.47 Å². The predicted octanol–water partition coefficient (Wildman–Crippen LogP) is 3.90. The summed E-state index contributed by atoms with van der Waals surface area (Å²) in [4.78, 5) is 0. The zero-order valence-corrected chi connectivity index (χ0v) is 15.8. The number of hydrogen-bond acceptors (Lipinski definition) is 4. The van der Waals surface area contributed by atoms with Crippen LogP contribution >= 0.6 is 15.9 Å². The third-order valence-electron chi connectivity index (χ3n) is 3.78. The van der Waals surface area contributed by atoms with Gasteiger partial charge >= 0.3 is 0 Å². The van der Waals surface area contributed by atoms with Gasteiger partial charge in [0.1, 0.15) is 11.5 Å². The number of halogens is 1. The topological polar surface area (TPSA) is 57.5 Å². The summed E-state index contributed by atoms with van der Waals surface area (Å²) in [6.45, 7) is 0. The van der Waals surface area contributed by atoms with Crippen LogP contribution in [0.1, 0.15) is 0 Å². The molecule has 0 atom stereocenters. The number of methoxy groups -OCH3 is 2. The first-order valence-electron chi connectivity index (χ1n) is 7.08. The van der Waals surface area contributed by atoms with Gasteiger partial charge in [0.2, 0.25) is 10.0 Å². The van der Waals surface area contributed by atoms with E-state index in [9.17, 15) is 8.42 Å². The molecule has 0 saturated carbocycles. The maximum absolute atomic E-state index is 12.2. The Morgan fingerprint density at radius 3 is 2.25 bits per heavy atom. The molecule has 0 amide bonds. The van der Waals surface area contributed by atoms with E-state index in [1.54, 1.807) is 25.4 Å². The Morgan fingerprint density at radius 1 is 1.04 bits per heavy atom. The van der Waals surface area contributed by atoms with Crippen molar-refractivity contribution in [1.29, 1.82) is 0 Å². The highest BCUT2D eigenvalue weighted by Crippen LogP contribution is 2.40. The number of benzene rings is 2. The van der Waals surface area contributed by atoms with Gasteiger partial charge in [0, 0.05) is 28.4 Å². The lowest BCUT2D eigenvalue weighted by Gasteiger charge is -2.09. The molecule has 0 aliphatic heterocycles. The third-order valence-corrected chi connectivity index (χ3v) is 5.32. The molecule has 0 bridgehead atoms. The van der Waals surface area contributed by atoms with E-state index in [0.29, 0.717) is 17.0 Å². The summed E-state index contributed by atoms with van der Waals surface area (Å²) < 4.78 is 37.4. The molecule has 0 N–H and O–H groups in total. The van der Waals surface area contributed by atoms with Crippen LogP contribution in [-0.2, 0) is 10.0 Å². The molecule has 3 rings (SSSR count). The smallest absolute Gasteiger partial charge is 0.236 e. The molecular formula is C17H16BrNO4S. The van der Waals surface area contributed by atoms with E-state index in [-0.39, 0.29) is 0 Å². The minimum Gasteiger partial charge on any atom is -0.497 e. The van der Waals surface area contributed by atoms with Crippen molar-refractivity contribution in [3.8, 4) is 22.6 Å². The largest absolute Gasteiger partial charge is 0.497 e. The fourth-order valence-electron chi connectivity index (χ4n) is 2.67. The summed E-state index contributed by atoms with van der Waals surface area (Å²) in [5.74, 6) is 1.09. The van der Waals surface area contributed by atoms with E-state index in [0.717, 1.165) is 21.0 Å². The monoisotopic (exact) mass is 409 g/mol. The van der Waals surface area contributed by atoms with Gasteiger partial charge in [0.25, 0.3) is 0 Å². The van der Waals surface area contributed by atoms with Crippen molar-refractivity contribution < 1.29 is 17.9 Å². The maximum Gasteiger partial charge on any atom is 0.236 e. The summed E-state index contributed by atoms with van der Waals surface area (Å²) in [5, 5.41) is 0.728. The van der Waals surface area contributed by atoms with Crippen molar-refractivity contribution in [2.75, 3.05) is 20.5 Å². The lowest BCUT2D eigenvalue weighted by Crippen LogP contribution is -2.08. The Kier molecular flexibility index (Phi) is 4.31. The molecule has 1 heterocycles. The summed E-state index contributed by atoms with van der Waals surface area (Å²) in [6.07, 6.45) is 2.79. The zero-order valence-electron chi connectivity index (χ0n) is 13.4. The van der Waals surface area contributed by atoms with Crippen LogP contribution in [0, 0.1) is 0 Å². The SMILES string of the molecule is COc1cc(OC)c2c(-c3ccc(Br)cc3)cn(S(C)(=O)=O)c2c1. The van der Waals surface area contributed by atoms with Crippen LogP contribution in [0.2, 0.25) is 0 Å². The highest BCUT2D eigenvalue weighted by atomic mass is 79.9. The van der Waals surface area contributed by atoms with Gasteiger partial charge in [0.15, 0.2) is 0 Å². The minimum absolute atomic E-state index is 0.520. The number of aromatic nitrogens is 1. The van der Waals surface area contributed by atoms with Crippen LogP contribution in [0.3, 0.4) is 0 Å². The highest BCUT2D eigenvalue weighted by Gasteiger charge is 2.20. The van der Waals surface area contributed by atoms with Gasteiger partial charge in [-0.05, 0) is 17.7 Å². The second kappa shape index (κ2) is 6.14. The van der Waals surface area contributed by atoms with E-state index in [1.165, 1.54) is 17.3 Å². The average Bonchev–Trinajstić information content (AvgIpc) is 2.94. The van der Waals surface area contributed by atoms with Crippen LogP contribution in [0.5, 0.6) is 11.5 Å². The Morgan fingerprint density at radius 2 is 1.71 bits per heavy atom. The molecule has 7 heteroatoms. The molecule has 0 radical (unpaired) electrons. The first-order chi connectivity index (χ1) is 11.3. The predicted molar refractivity (Wildman–Crippen MR) is 98.4 cm³/mol. The summed E-state index contributed by atoms with van der Waals surface area (Å²) in [6, 6.07) is 11.1. The minimum atomic E-state index is -3.48. The molecular weight excluding hydrogens is 394 g/mol. The molecule has 2 aromatic carbocycles. The molecule has 126 valence electrons. The van der Waals surface area contributed by atoms with Gasteiger partial charge in [0.05, 0.1) is 31.4 Å². The number of fused-ring (bicyclic) bond motifs is 1. The lowest BCUT2D eigenvalue weighted by molar-refractivity contribution is 0.398. The van der Waals surface area contributed by atoms with E-state index in [4.69, 9.17) is 9.47 Å². The van der Waals surface area contributed by atoms with Gasteiger partial charge in [-0.2, -0.15) is 0 Å². The lowest BCUT2D eigenvalue weighted by atomic mass is 10.0. The van der Waals surface area contributed by atoms with Crippen molar-refractivity contribution in [3.05, 3.63) is 47.1 Å². The van der Waals surface area contributed by atoms with Crippen LogP contribution in [-0.4, -0.2) is 32.9 Å². The molecule has 0 aliphatic carbocycles. The Hall–Kier alpha value is -1.99. The molecule has 24 heavy (non-hydrogen) atoms. The normalized spacial score (nSPS) is 11.7. The summed E-state index contributed by atoms with van der Waals surface area (Å²) in [5.41, 5.74) is 2.20. The van der Waals surface area contributed by atoms with Crippen LogP contribution in [0.15, 0.2) is 47.1 Å². The van der Waals surface area contributed by atoms with E-state index < -0.39 is 10.0 Å². The standard InChI is InChI=1S/C17H16BrNO4S/c1-22-13-8-15-17(16(9-13)23-2)14(10-19(15)24(3,20)21)11-4-6-12(18)7-5-11/h4-10H,1-3H3. The molecule has 0 spiro atoms. The molecule has 0 fully saturated rings. The Balaban J connectivity index is 2.44. The van der Waals surface area contributed by atoms with Crippen molar-refractivity contribution in [2.45, 2.75) is 0 Å². The quantitative estimate of drug-likeness (QED) is 0.655. The summed E-state index contributed by atoms with van der Waals surface area (Å²) in [7, 11) is -0.394. The number of rotatable bonds is 4. The first-order valence-corrected chi connectivity index (χ1v) is 9.73. The van der Waals surface area contributed by atoms with E-state index >= 15 is 0 Å². The Labute approximate surface area is 149 Å². The van der Waals surface area contributed by atoms with Crippen LogP contribution in [0.25, 0.3) is 22.0 Å². The van der Waals surface area contributed by atoms with Crippen molar-refractivity contribution in [1.82, 2.24) is 3.97 Å². The molecule has 0 aliphatic rings. The molecule has 0 unspecified atom stereocenters.